The van der Waals surface area contributed by atoms with Crippen LogP contribution in [0.25, 0.3) is 0 Å². The number of hydrogen-bond donors (Lipinski definition) is 1. The summed E-state index contributed by atoms with van der Waals surface area (Å²) < 4.78 is 4.95. The molecule has 1 aliphatic heterocycles. The molecule has 0 aliphatic carbocycles. The van der Waals surface area contributed by atoms with Gasteiger partial charge in [0.05, 0.1) is 7.11 Å². The third-order valence-electron chi connectivity index (χ3n) is 3.02. The fourth-order valence-electron chi connectivity index (χ4n) is 2.21. The highest BCUT2D eigenvalue weighted by Gasteiger charge is 2.24. The van der Waals surface area contributed by atoms with E-state index in [1.54, 1.807) is 0 Å². The molecule has 0 bridgehead atoms. The number of hydrogen-bond acceptors (Lipinski definition) is 6. The largest absolute Gasteiger partial charge is 0.481 e. The first-order valence-corrected chi connectivity index (χ1v) is 6.38. The predicted molar refractivity (Wildman–Crippen MR) is 68.6 cm³/mol. The van der Waals surface area contributed by atoms with Gasteiger partial charge in [0.25, 0.3) is 0 Å². The van der Waals surface area contributed by atoms with Crippen LogP contribution in [0.3, 0.4) is 0 Å². The van der Waals surface area contributed by atoms with Gasteiger partial charge in [-0.2, -0.15) is 15.0 Å². The van der Waals surface area contributed by atoms with Gasteiger partial charge in [0, 0.05) is 19.5 Å². The Morgan fingerprint density at radius 2 is 2.32 bits per heavy atom. The van der Waals surface area contributed by atoms with Crippen LogP contribution in [0.2, 0.25) is 5.28 Å². The van der Waals surface area contributed by atoms with Gasteiger partial charge in [-0.3, -0.25) is 4.79 Å². The second-order valence-electron chi connectivity index (χ2n) is 4.44. The van der Waals surface area contributed by atoms with Gasteiger partial charge in [-0.15, -0.1) is 0 Å². The van der Waals surface area contributed by atoms with Crippen molar-refractivity contribution in [2.24, 2.45) is 5.92 Å². The Kier molecular flexibility index (Phi) is 4.36. The van der Waals surface area contributed by atoms with Crippen LogP contribution < -0.4 is 9.64 Å². The molecule has 1 atom stereocenters. The number of aliphatic carboxylic acids is 1. The summed E-state index contributed by atoms with van der Waals surface area (Å²) >= 11 is 5.81. The second kappa shape index (κ2) is 6.01. The maximum atomic E-state index is 10.8. The van der Waals surface area contributed by atoms with E-state index < -0.39 is 5.97 Å². The first-order chi connectivity index (χ1) is 9.08. The van der Waals surface area contributed by atoms with E-state index in [-0.39, 0.29) is 23.6 Å². The molecule has 0 amide bonds. The molecule has 2 rings (SSSR count). The lowest BCUT2D eigenvalue weighted by atomic mass is 9.95. The molecular formula is C11H15ClN4O3. The van der Waals surface area contributed by atoms with E-state index in [1.807, 2.05) is 4.90 Å². The van der Waals surface area contributed by atoms with Crippen molar-refractivity contribution in [1.29, 1.82) is 0 Å². The molecule has 0 spiro atoms. The van der Waals surface area contributed by atoms with E-state index in [0.717, 1.165) is 19.4 Å². The van der Waals surface area contributed by atoms with E-state index >= 15 is 0 Å². The maximum absolute atomic E-state index is 10.8. The summed E-state index contributed by atoms with van der Waals surface area (Å²) in [5.41, 5.74) is 0. The quantitative estimate of drug-likeness (QED) is 0.890. The van der Waals surface area contributed by atoms with Crippen molar-refractivity contribution in [2.75, 3.05) is 25.1 Å². The van der Waals surface area contributed by atoms with Crippen molar-refractivity contribution < 1.29 is 14.6 Å². The minimum Gasteiger partial charge on any atom is -0.481 e. The third-order valence-corrected chi connectivity index (χ3v) is 3.19. The zero-order chi connectivity index (χ0) is 13.8. The van der Waals surface area contributed by atoms with Crippen LogP contribution in [0.4, 0.5) is 5.95 Å². The number of methoxy groups -OCH3 is 1. The second-order valence-corrected chi connectivity index (χ2v) is 4.78. The number of carboxylic acid groups (broad SMARTS) is 1. The molecule has 2 heterocycles. The lowest BCUT2D eigenvalue weighted by molar-refractivity contribution is -0.138. The molecule has 1 N–H and O–H groups in total. The minimum absolute atomic E-state index is 0.0715. The summed E-state index contributed by atoms with van der Waals surface area (Å²) in [6, 6.07) is 0.162. The lowest BCUT2D eigenvalue weighted by Gasteiger charge is -2.32. The molecule has 104 valence electrons. The van der Waals surface area contributed by atoms with Crippen LogP contribution in [0, 0.1) is 5.92 Å². The fraction of sp³-hybridized carbons (Fsp3) is 0.636. The SMILES string of the molecule is COc1nc(Cl)nc(N2CCCC(CC(=O)O)C2)n1. The molecule has 1 saturated heterocycles. The first kappa shape index (κ1) is 13.8. The zero-order valence-corrected chi connectivity index (χ0v) is 11.3. The van der Waals surface area contributed by atoms with E-state index in [9.17, 15) is 4.79 Å². The highest BCUT2D eigenvalue weighted by molar-refractivity contribution is 6.28. The Balaban J connectivity index is 2.12. The van der Waals surface area contributed by atoms with Crippen LogP contribution in [-0.4, -0.2) is 46.2 Å². The Morgan fingerprint density at radius 3 is 3.00 bits per heavy atom. The third kappa shape index (κ3) is 3.66. The number of halogens is 1. The number of aromatic nitrogens is 3. The van der Waals surface area contributed by atoms with Crippen molar-refractivity contribution in [3.8, 4) is 6.01 Å². The Hall–Kier alpha value is -1.63. The van der Waals surface area contributed by atoms with Gasteiger partial charge >= 0.3 is 12.0 Å². The highest BCUT2D eigenvalue weighted by Crippen LogP contribution is 2.24. The predicted octanol–water partition coefficient (Wildman–Crippen LogP) is 1.22. The lowest BCUT2D eigenvalue weighted by Crippen LogP contribution is -2.37. The van der Waals surface area contributed by atoms with Crippen molar-refractivity contribution >= 4 is 23.5 Å². The normalized spacial score (nSPS) is 19.3. The van der Waals surface area contributed by atoms with E-state index in [1.165, 1.54) is 7.11 Å². The highest BCUT2D eigenvalue weighted by atomic mass is 35.5. The molecule has 8 heteroatoms. The maximum Gasteiger partial charge on any atom is 0.322 e. The molecule has 0 saturated carbocycles. The monoisotopic (exact) mass is 286 g/mol. The topological polar surface area (TPSA) is 88.4 Å². The van der Waals surface area contributed by atoms with Crippen molar-refractivity contribution in [3.05, 3.63) is 5.28 Å². The number of ether oxygens (including phenoxy) is 1. The van der Waals surface area contributed by atoms with Gasteiger partial charge in [0.2, 0.25) is 11.2 Å². The summed E-state index contributed by atoms with van der Waals surface area (Å²) in [7, 11) is 1.46. The zero-order valence-electron chi connectivity index (χ0n) is 10.5. The molecule has 19 heavy (non-hydrogen) atoms. The van der Waals surface area contributed by atoms with Crippen molar-refractivity contribution in [2.45, 2.75) is 19.3 Å². The van der Waals surface area contributed by atoms with Crippen LogP contribution >= 0.6 is 11.6 Å². The number of rotatable bonds is 4. The van der Waals surface area contributed by atoms with E-state index in [0.29, 0.717) is 12.5 Å². The molecule has 1 aliphatic rings. The molecular weight excluding hydrogens is 272 g/mol. The van der Waals surface area contributed by atoms with Gasteiger partial charge in [-0.25, -0.2) is 0 Å². The van der Waals surface area contributed by atoms with Crippen molar-refractivity contribution in [1.82, 2.24) is 15.0 Å². The van der Waals surface area contributed by atoms with Gasteiger partial charge in [0.15, 0.2) is 0 Å². The fourth-order valence-corrected chi connectivity index (χ4v) is 2.36. The Labute approximate surface area is 115 Å². The van der Waals surface area contributed by atoms with Crippen LogP contribution in [-0.2, 0) is 4.79 Å². The molecule has 1 unspecified atom stereocenters. The van der Waals surface area contributed by atoms with E-state index in [4.69, 9.17) is 21.4 Å². The number of nitrogens with zero attached hydrogens (tertiary/aromatic N) is 4. The van der Waals surface area contributed by atoms with Crippen LogP contribution in [0.1, 0.15) is 19.3 Å². The number of carboxylic acids is 1. The molecule has 7 nitrogen and oxygen atoms in total. The summed E-state index contributed by atoms with van der Waals surface area (Å²) in [6.07, 6.45) is 1.97. The molecule has 1 aromatic rings. The number of anilines is 1. The van der Waals surface area contributed by atoms with Gasteiger partial charge < -0.3 is 14.7 Å². The average Bonchev–Trinajstić information content (AvgIpc) is 2.37. The minimum atomic E-state index is -0.780. The molecule has 0 aromatic carbocycles. The van der Waals surface area contributed by atoms with Gasteiger partial charge in [0.1, 0.15) is 0 Å². The number of piperidine rings is 1. The summed E-state index contributed by atoms with van der Waals surface area (Å²) in [6.45, 7) is 1.38. The molecule has 1 fully saturated rings. The summed E-state index contributed by atoms with van der Waals surface area (Å²) in [5.74, 6) is -0.238. The molecule has 0 radical (unpaired) electrons. The van der Waals surface area contributed by atoms with Crippen molar-refractivity contribution in [3.63, 3.8) is 0 Å². The first-order valence-electron chi connectivity index (χ1n) is 6.01. The standard InChI is InChI=1S/C11H15ClN4O3/c1-19-11-14-9(12)13-10(15-11)16-4-2-3-7(6-16)5-8(17)18/h7H,2-6H2,1H3,(H,17,18). The van der Waals surface area contributed by atoms with Crippen LogP contribution in [0.15, 0.2) is 0 Å². The van der Waals surface area contributed by atoms with Gasteiger partial charge in [-0.05, 0) is 30.4 Å². The Bertz CT molecular complexity index is 471. The summed E-state index contributed by atoms with van der Waals surface area (Å²) in [5, 5.41) is 8.92. The number of carbonyl (C=O) groups is 1. The summed E-state index contributed by atoms with van der Waals surface area (Å²) in [4.78, 5) is 24.7. The van der Waals surface area contributed by atoms with Crippen LogP contribution in [0.5, 0.6) is 6.01 Å². The Morgan fingerprint density at radius 1 is 1.53 bits per heavy atom. The smallest absolute Gasteiger partial charge is 0.322 e. The van der Waals surface area contributed by atoms with E-state index in [2.05, 4.69) is 15.0 Å². The average molecular weight is 287 g/mol. The molecule has 1 aromatic heterocycles. The van der Waals surface area contributed by atoms with Gasteiger partial charge in [-0.1, -0.05) is 0 Å².